The number of nitrogens with one attached hydrogen (secondary N) is 1. The number of pyridine rings is 1. The summed E-state index contributed by atoms with van der Waals surface area (Å²) in [5.41, 5.74) is -0.604. The van der Waals surface area contributed by atoms with Crippen LogP contribution in [0.15, 0.2) is 30.6 Å². The maximum atomic E-state index is 14.9. The number of anilines is 1. The number of aromatic nitrogens is 3. The number of piperidine rings is 1. The first kappa shape index (κ1) is 24.0. The fourth-order valence-corrected chi connectivity index (χ4v) is 6.41. The van der Waals surface area contributed by atoms with Gasteiger partial charge in [-0.2, -0.15) is 0 Å². The van der Waals surface area contributed by atoms with Crippen LogP contribution in [-0.2, 0) is 15.6 Å². The monoisotopic (exact) mass is 503 g/mol. The van der Waals surface area contributed by atoms with Gasteiger partial charge in [0, 0.05) is 36.3 Å². The number of halogens is 2. The van der Waals surface area contributed by atoms with E-state index in [-0.39, 0.29) is 34.0 Å². The van der Waals surface area contributed by atoms with Crippen LogP contribution in [0.25, 0.3) is 22.2 Å². The van der Waals surface area contributed by atoms with Crippen molar-refractivity contribution in [1.82, 2.24) is 19.3 Å². The van der Waals surface area contributed by atoms with Crippen molar-refractivity contribution < 1.29 is 22.3 Å². The van der Waals surface area contributed by atoms with E-state index in [1.807, 2.05) is 0 Å². The molecule has 2 N–H and O–H groups in total. The van der Waals surface area contributed by atoms with Gasteiger partial charge in [-0.1, -0.05) is 0 Å². The molecule has 2 fully saturated rings. The van der Waals surface area contributed by atoms with Crippen LogP contribution in [0.4, 0.5) is 14.7 Å². The van der Waals surface area contributed by atoms with Crippen LogP contribution in [0.1, 0.15) is 45.1 Å². The molecule has 8 nitrogen and oxygen atoms in total. The van der Waals surface area contributed by atoms with Gasteiger partial charge in [-0.05, 0) is 63.3 Å². The Morgan fingerprint density at radius 2 is 1.80 bits per heavy atom. The lowest BCUT2D eigenvalue weighted by Crippen LogP contribution is -2.43. The van der Waals surface area contributed by atoms with E-state index in [2.05, 4.69) is 20.3 Å². The summed E-state index contributed by atoms with van der Waals surface area (Å²) in [6.07, 6.45) is 5.07. The first-order chi connectivity index (χ1) is 16.5. The first-order valence-electron chi connectivity index (χ1n) is 11.6. The van der Waals surface area contributed by atoms with Gasteiger partial charge in [0.15, 0.2) is 5.82 Å². The quantitative estimate of drug-likeness (QED) is 0.529. The van der Waals surface area contributed by atoms with Crippen molar-refractivity contribution >= 4 is 26.9 Å². The zero-order valence-corrected chi connectivity index (χ0v) is 20.3. The van der Waals surface area contributed by atoms with Gasteiger partial charge in [-0.3, -0.25) is 4.98 Å². The number of nitrogens with zero attached hydrogens (tertiary/aromatic N) is 4. The number of aliphatic hydroxyl groups is 1. The van der Waals surface area contributed by atoms with Crippen molar-refractivity contribution in [2.75, 3.05) is 18.4 Å². The van der Waals surface area contributed by atoms with Crippen molar-refractivity contribution in [3.8, 4) is 11.3 Å². The fraction of sp³-hybridized carbons (Fsp3) is 0.458. The molecule has 1 aromatic carbocycles. The third kappa shape index (κ3) is 4.72. The van der Waals surface area contributed by atoms with E-state index in [4.69, 9.17) is 0 Å². The van der Waals surface area contributed by atoms with Gasteiger partial charge in [-0.15, -0.1) is 0 Å². The van der Waals surface area contributed by atoms with Gasteiger partial charge in [0.25, 0.3) is 0 Å². The molecule has 1 saturated heterocycles. The number of sulfonamides is 1. The lowest BCUT2D eigenvalue weighted by Gasteiger charge is -2.31. The summed E-state index contributed by atoms with van der Waals surface area (Å²) in [7, 11) is -3.20. The molecular weight excluding hydrogens is 476 g/mol. The highest BCUT2D eigenvalue weighted by Gasteiger charge is 2.41. The molecular formula is C24H27F2N5O3S. The minimum absolute atomic E-state index is 0.0710. The Hall–Kier alpha value is -2.76. The summed E-state index contributed by atoms with van der Waals surface area (Å²) >= 11 is 0. The van der Waals surface area contributed by atoms with E-state index in [0.29, 0.717) is 36.9 Å². The molecule has 5 rings (SSSR count). The lowest BCUT2D eigenvalue weighted by atomic mass is 9.93. The molecule has 35 heavy (non-hydrogen) atoms. The number of hydrogen-bond acceptors (Lipinski definition) is 7. The maximum Gasteiger partial charge on any atom is 0.223 e. The Morgan fingerprint density at radius 3 is 2.46 bits per heavy atom. The van der Waals surface area contributed by atoms with Crippen LogP contribution < -0.4 is 5.32 Å². The highest BCUT2D eigenvalue weighted by molar-refractivity contribution is 7.90. The van der Waals surface area contributed by atoms with Gasteiger partial charge in [-0.25, -0.2) is 31.5 Å². The molecule has 0 amide bonds. The van der Waals surface area contributed by atoms with E-state index in [1.54, 1.807) is 30.3 Å². The van der Waals surface area contributed by atoms with Crippen molar-refractivity contribution in [1.29, 1.82) is 0 Å². The van der Waals surface area contributed by atoms with Crippen molar-refractivity contribution in [2.24, 2.45) is 0 Å². The molecule has 0 spiro atoms. The van der Waals surface area contributed by atoms with E-state index in [0.717, 1.165) is 19.0 Å². The van der Waals surface area contributed by atoms with Gasteiger partial charge in [0.05, 0.1) is 17.0 Å². The molecule has 0 radical (unpaired) electrons. The van der Waals surface area contributed by atoms with Gasteiger partial charge in [0.1, 0.15) is 17.0 Å². The average molecular weight is 504 g/mol. The first-order valence-corrected chi connectivity index (χ1v) is 13.1. The molecule has 0 unspecified atom stereocenters. The van der Waals surface area contributed by atoms with Gasteiger partial charge < -0.3 is 10.4 Å². The van der Waals surface area contributed by atoms with E-state index >= 15 is 0 Å². The molecule has 3 heterocycles. The van der Waals surface area contributed by atoms with E-state index in [1.165, 1.54) is 12.3 Å². The third-order valence-corrected chi connectivity index (χ3v) is 8.97. The number of rotatable bonds is 6. The van der Waals surface area contributed by atoms with E-state index < -0.39 is 27.3 Å². The predicted octanol–water partition coefficient (Wildman–Crippen LogP) is 3.57. The second-order valence-corrected chi connectivity index (χ2v) is 11.9. The molecule has 1 aliphatic carbocycles. The summed E-state index contributed by atoms with van der Waals surface area (Å²) in [6, 6.07) is 4.26. The topological polar surface area (TPSA) is 108 Å². The summed E-state index contributed by atoms with van der Waals surface area (Å²) in [5.74, 6) is -1.19. The Kier molecular flexibility index (Phi) is 5.97. The number of benzene rings is 1. The Morgan fingerprint density at radius 1 is 1.09 bits per heavy atom. The molecule has 2 aliphatic rings. The highest BCUT2D eigenvalue weighted by Crippen LogP contribution is 2.34. The second-order valence-electron chi connectivity index (χ2n) is 9.72. The van der Waals surface area contributed by atoms with Crippen molar-refractivity contribution in [3.05, 3.63) is 47.8 Å². The SMILES string of the molecule is CC(C)(O)c1ccnc2c(F)cc(-c3nc(NC4CCN(S(=O)(=O)C5CC5)CC4)ncc3F)cc12. The minimum Gasteiger partial charge on any atom is -0.386 e. The standard InChI is InChI=1S/C24H27F2N5O3S/c1-24(2,32)18-5-8-27-22-17(18)11-14(12-19(22)25)21-20(26)13-28-23(30-21)29-15-6-9-31(10-7-15)35(33,34)16-3-4-16/h5,8,11-13,15-16,32H,3-4,6-7,9-10H2,1-2H3,(H,28,29,30). The van der Waals surface area contributed by atoms with Crippen LogP contribution in [-0.4, -0.2) is 57.2 Å². The van der Waals surface area contributed by atoms with Crippen LogP contribution in [0.2, 0.25) is 0 Å². The zero-order chi connectivity index (χ0) is 25.0. The number of fused-ring (bicyclic) bond motifs is 1. The minimum atomic E-state index is -3.20. The molecule has 11 heteroatoms. The molecule has 3 aromatic rings. The van der Waals surface area contributed by atoms with Gasteiger partial charge in [0.2, 0.25) is 16.0 Å². The summed E-state index contributed by atoms with van der Waals surface area (Å²) in [5, 5.41) is 13.8. The fourth-order valence-electron chi connectivity index (χ4n) is 4.53. The molecule has 0 bridgehead atoms. The maximum absolute atomic E-state index is 14.9. The molecule has 186 valence electrons. The highest BCUT2D eigenvalue weighted by atomic mass is 32.2. The summed E-state index contributed by atoms with van der Waals surface area (Å²) in [6.45, 7) is 3.99. The largest absolute Gasteiger partial charge is 0.386 e. The Bertz CT molecular complexity index is 1380. The second kappa shape index (κ2) is 8.72. The van der Waals surface area contributed by atoms with E-state index in [9.17, 15) is 22.3 Å². The molecule has 2 aromatic heterocycles. The third-order valence-electron chi connectivity index (χ3n) is 6.57. The predicted molar refractivity (Wildman–Crippen MR) is 128 cm³/mol. The summed E-state index contributed by atoms with van der Waals surface area (Å²) < 4.78 is 56.1. The molecule has 1 aliphatic heterocycles. The zero-order valence-electron chi connectivity index (χ0n) is 19.5. The van der Waals surface area contributed by atoms with Crippen LogP contribution in [0.5, 0.6) is 0 Å². The molecule has 0 atom stereocenters. The Balaban J connectivity index is 1.40. The lowest BCUT2D eigenvalue weighted by molar-refractivity contribution is 0.0801. The number of hydrogen-bond donors (Lipinski definition) is 2. The smallest absolute Gasteiger partial charge is 0.223 e. The Labute approximate surface area is 202 Å². The van der Waals surface area contributed by atoms with Crippen LogP contribution in [0, 0.1) is 11.6 Å². The van der Waals surface area contributed by atoms with Crippen molar-refractivity contribution in [3.63, 3.8) is 0 Å². The van der Waals surface area contributed by atoms with Gasteiger partial charge >= 0.3 is 0 Å². The van der Waals surface area contributed by atoms with Crippen LogP contribution >= 0.6 is 0 Å². The van der Waals surface area contributed by atoms with Crippen molar-refractivity contribution in [2.45, 2.75) is 56.4 Å². The van der Waals surface area contributed by atoms with Crippen LogP contribution in [0.3, 0.4) is 0 Å². The summed E-state index contributed by atoms with van der Waals surface area (Å²) in [4.78, 5) is 12.4. The average Bonchev–Trinajstić information content (AvgIpc) is 3.66. The molecule has 1 saturated carbocycles. The normalized spacial score (nSPS) is 18.2.